The number of carbonyl (C=O) groups is 2. The van der Waals surface area contributed by atoms with Crippen LogP contribution in [0.4, 0.5) is 0 Å². The molecule has 13 heavy (non-hydrogen) atoms. The molecule has 0 aromatic heterocycles. The van der Waals surface area contributed by atoms with Crippen LogP contribution in [0.3, 0.4) is 0 Å². The number of nitrogens with one attached hydrogen (secondary N) is 1. The van der Waals surface area contributed by atoms with E-state index in [0.717, 1.165) is 25.7 Å². The molecule has 1 fully saturated rings. The van der Waals surface area contributed by atoms with Crippen molar-refractivity contribution in [3.63, 3.8) is 0 Å². The van der Waals surface area contributed by atoms with Gasteiger partial charge in [-0.2, -0.15) is 0 Å². The zero-order valence-corrected chi connectivity index (χ0v) is 9.10. The molecule has 0 radical (unpaired) electrons. The first-order chi connectivity index (χ1) is 6.24. The number of imide groups is 1. The second-order valence-corrected chi connectivity index (χ2v) is 3.94. The normalized spacial score (nSPS) is 18.2. The molecule has 0 bridgehead atoms. The van der Waals surface area contributed by atoms with Crippen molar-refractivity contribution in [2.45, 2.75) is 32.1 Å². The third-order valence-electron chi connectivity index (χ3n) is 2.36. The number of rotatable bonds is 2. The van der Waals surface area contributed by atoms with Crippen LogP contribution in [0.5, 0.6) is 0 Å². The smallest absolute Gasteiger partial charge is 0.237 e. The second kappa shape index (κ2) is 5.37. The number of hydrogen-bond donors (Lipinski definition) is 1. The number of hydrogen-bond acceptors (Lipinski definition) is 2. The van der Waals surface area contributed by atoms with E-state index in [1.54, 1.807) is 0 Å². The van der Waals surface area contributed by atoms with Gasteiger partial charge in [0.05, 0.1) is 5.33 Å². The molecule has 0 unspecified atom stereocenters. The molecular weight excluding hydrogens is 234 g/mol. The Labute approximate surface area is 86.4 Å². The topological polar surface area (TPSA) is 46.2 Å². The van der Waals surface area contributed by atoms with Crippen LogP contribution in [0, 0.1) is 5.92 Å². The summed E-state index contributed by atoms with van der Waals surface area (Å²) < 4.78 is 0. The van der Waals surface area contributed by atoms with Gasteiger partial charge in [0.25, 0.3) is 0 Å². The van der Waals surface area contributed by atoms with E-state index in [1.165, 1.54) is 6.42 Å². The summed E-state index contributed by atoms with van der Waals surface area (Å²) in [4.78, 5) is 22.3. The SMILES string of the molecule is O=C(CBr)NC(=O)C1CCCCC1. The van der Waals surface area contributed by atoms with Crippen LogP contribution in [-0.4, -0.2) is 17.1 Å². The highest BCUT2D eigenvalue weighted by Crippen LogP contribution is 2.23. The average Bonchev–Trinajstić information content (AvgIpc) is 2.19. The van der Waals surface area contributed by atoms with Crippen LogP contribution < -0.4 is 5.32 Å². The van der Waals surface area contributed by atoms with Gasteiger partial charge in [-0.05, 0) is 12.8 Å². The molecule has 0 aromatic carbocycles. The van der Waals surface area contributed by atoms with Crippen LogP contribution in [0.25, 0.3) is 0 Å². The van der Waals surface area contributed by atoms with E-state index >= 15 is 0 Å². The maximum absolute atomic E-state index is 11.4. The molecule has 0 aromatic rings. The Kier molecular flexibility index (Phi) is 4.42. The second-order valence-electron chi connectivity index (χ2n) is 3.38. The summed E-state index contributed by atoms with van der Waals surface area (Å²) >= 11 is 3.00. The van der Waals surface area contributed by atoms with Crippen LogP contribution in [0.15, 0.2) is 0 Å². The number of alkyl halides is 1. The molecule has 0 atom stereocenters. The van der Waals surface area contributed by atoms with Gasteiger partial charge in [0.2, 0.25) is 11.8 Å². The summed E-state index contributed by atoms with van der Waals surface area (Å²) in [6, 6.07) is 0. The Morgan fingerprint density at radius 3 is 2.38 bits per heavy atom. The fraction of sp³-hybridized carbons (Fsp3) is 0.778. The number of amides is 2. The molecule has 0 saturated heterocycles. The summed E-state index contributed by atoms with van der Waals surface area (Å²) in [6.07, 6.45) is 5.31. The molecular formula is C9H14BrNO2. The lowest BCUT2D eigenvalue weighted by atomic mass is 9.89. The van der Waals surface area contributed by atoms with Gasteiger partial charge in [-0.25, -0.2) is 0 Å². The first-order valence-electron chi connectivity index (χ1n) is 4.63. The fourth-order valence-electron chi connectivity index (χ4n) is 1.64. The average molecular weight is 248 g/mol. The monoisotopic (exact) mass is 247 g/mol. The quantitative estimate of drug-likeness (QED) is 0.754. The molecule has 0 spiro atoms. The van der Waals surface area contributed by atoms with Crippen molar-refractivity contribution in [3.05, 3.63) is 0 Å². The van der Waals surface area contributed by atoms with Gasteiger partial charge in [0, 0.05) is 5.92 Å². The maximum atomic E-state index is 11.4. The van der Waals surface area contributed by atoms with Gasteiger partial charge in [-0.1, -0.05) is 35.2 Å². The van der Waals surface area contributed by atoms with E-state index in [1.807, 2.05) is 0 Å². The standard InChI is InChI=1S/C9H14BrNO2/c10-6-8(12)11-9(13)7-4-2-1-3-5-7/h7H,1-6H2,(H,11,12,13). The highest BCUT2D eigenvalue weighted by atomic mass is 79.9. The molecule has 1 rings (SSSR count). The van der Waals surface area contributed by atoms with Crippen molar-refractivity contribution in [2.24, 2.45) is 5.92 Å². The highest BCUT2D eigenvalue weighted by molar-refractivity contribution is 9.09. The van der Waals surface area contributed by atoms with Crippen molar-refractivity contribution in [2.75, 3.05) is 5.33 Å². The van der Waals surface area contributed by atoms with Gasteiger partial charge < -0.3 is 0 Å². The van der Waals surface area contributed by atoms with E-state index in [0.29, 0.717) is 0 Å². The number of carbonyl (C=O) groups excluding carboxylic acids is 2. The zero-order chi connectivity index (χ0) is 9.68. The molecule has 2 amide bonds. The van der Waals surface area contributed by atoms with Crippen molar-refractivity contribution in [1.29, 1.82) is 0 Å². The number of halogens is 1. The maximum Gasteiger partial charge on any atom is 0.237 e. The minimum Gasteiger partial charge on any atom is -0.295 e. The predicted molar refractivity (Wildman–Crippen MR) is 53.5 cm³/mol. The summed E-state index contributed by atoms with van der Waals surface area (Å²) in [5, 5.41) is 2.57. The Hall–Kier alpha value is -0.380. The largest absolute Gasteiger partial charge is 0.295 e. The Morgan fingerprint density at radius 2 is 1.85 bits per heavy atom. The van der Waals surface area contributed by atoms with Crippen molar-refractivity contribution < 1.29 is 9.59 Å². The van der Waals surface area contributed by atoms with Crippen LogP contribution in [0.2, 0.25) is 0 Å². The Morgan fingerprint density at radius 1 is 1.23 bits per heavy atom. The Bertz CT molecular complexity index is 200. The zero-order valence-electron chi connectivity index (χ0n) is 7.51. The minimum absolute atomic E-state index is 0.0664. The lowest BCUT2D eigenvalue weighted by Crippen LogP contribution is -2.37. The van der Waals surface area contributed by atoms with E-state index in [4.69, 9.17) is 0 Å². The van der Waals surface area contributed by atoms with E-state index in [-0.39, 0.29) is 23.1 Å². The summed E-state index contributed by atoms with van der Waals surface area (Å²) in [5.41, 5.74) is 0. The van der Waals surface area contributed by atoms with Crippen LogP contribution in [0.1, 0.15) is 32.1 Å². The van der Waals surface area contributed by atoms with Crippen LogP contribution in [-0.2, 0) is 9.59 Å². The minimum atomic E-state index is -0.240. The van der Waals surface area contributed by atoms with Gasteiger partial charge >= 0.3 is 0 Å². The molecule has 4 heteroatoms. The van der Waals surface area contributed by atoms with Crippen molar-refractivity contribution in [3.8, 4) is 0 Å². The first-order valence-corrected chi connectivity index (χ1v) is 5.76. The third kappa shape index (κ3) is 3.46. The van der Waals surface area contributed by atoms with Crippen molar-refractivity contribution in [1.82, 2.24) is 5.32 Å². The lowest BCUT2D eigenvalue weighted by Gasteiger charge is -2.19. The van der Waals surface area contributed by atoms with Gasteiger partial charge in [-0.3, -0.25) is 14.9 Å². The predicted octanol–water partition coefficient (Wildman–Crippen LogP) is 1.60. The van der Waals surface area contributed by atoms with Gasteiger partial charge in [-0.15, -0.1) is 0 Å². The fourth-order valence-corrected chi connectivity index (χ4v) is 1.78. The molecule has 1 saturated carbocycles. The summed E-state index contributed by atoms with van der Waals surface area (Å²) in [7, 11) is 0. The summed E-state index contributed by atoms with van der Waals surface area (Å²) in [5.74, 6) is -0.267. The molecule has 1 N–H and O–H groups in total. The van der Waals surface area contributed by atoms with Crippen LogP contribution >= 0.6 is 15.9 Å². The first kappa shape index (κ1) is 10.7. The highest BCUT2D eigenvalue weighted by Gasteiger charge is 2.21. The molecule has 1 aliphatic rings. The van der Waals surface area contributed by atoms with Gasteiger partial charge in [0.1, 0.15) is 0 Å². The molecule has 0 aliphatic heterocycles. The lowest BCUT2D eigenvalue weighted by molar-refractivity contribution is -0.132. The molecule has 0 heterocycles. The Balaban J connectivity index is 2.33. The van der Waals surface area contributed by atoms with Gasteiger partial charge in [0.15, 0.2) is 0 Å². The molecule has 3 nitrogen and oxygen atoms in total. The van der Waals surface area contributed by atoms with E-state index < -0.39 is 0 Å². The summed E-state index contributed by atoms with van der Waals surface area (Å²) in [6.45, 7) is 0. The molecule has 1 aliphatic carbocycles. The van der Waals surface area contributed by atoms with E-state index in [2.05, 4.69) is 21.2 Å². The van der Waals surface area contributed by atoms with Crippen molar-refractivity contribution >= 4 is 27.7 Å². The third-order valence-corrected chi connectivity index (χ3v) is 2.87. The molecule has 74 valence electrons. The van der Waals surface area contributed by atoms with E-state index in [9.17, 15) is 9.59 Å².